The van der Waals surface area contributed by atoms with E-state index in [1.54, 1.807) is 7.11 Å². The predicted octanol–water partition coefficient (Wildman–Crippen LogP) is 0.954. The maximum absolute atomic E-state index is 5.50. The molecule has 0 saturated heterocycles. The maximum Gasteiger partial charge on any atom is 0.0986 e. The predicted molar refractivity (Wildman–Crippen MR) is 52.8 cm³/mol. The van der Waals surface area contributed by atoms with Crippen LogP contribution >= 0.6 is 0 Å². The molecule has 13 heavy (non-hydrogen) atoms. The summed E-state index contributed by atoms with van der Waals surface area (Å²) >= 11 is 0. The van der Waals surface area contributed by atoms with Crippen molar-refractivity contribution in [3.8, 4) is 0 Å². The fourth-order valence-corrected chi connectivity index (χ4v) is 1.71. The lowest BCUT2D eigenvalue weighted by atomic mass is 9.85. The number of methoxy groups -OCH3 is 1. The topological polar surface area (TPSA) is 30.5 Å². The van der Waals surface area contributed by atoms with E-state index in [0.717, 1.165) is 19.6 Å². The zero-order valence-electron chi connectivity index (χ0n) is 8.45. The van der Waals surface area contributed by atoms with E-state index in [-0.39, 0.29) is 12.2 Å². The summed E-state index contributed by atoms with van der Waals surface area (Å²) in [6.45, 7) is 7.27. The van der Waals surface area contributed by atoms with Gasteiger partial charge in [-0.05, 0) is 13.3 Å². The molecule has 0 aromatic carbocycles. The van der Waals surface area contributed by atoms with Gasteiger partial charge in [-0.1, -0.05) is 6.08 Å². The van der Waals surface area contributed by atoms with Crippen LogP contribution in [0.25, 0.3) is 0 Å². The van der Waals surface area contributed by atoms with Crippen molar-refractivity contribution in [3.05, 3.63) is 12.7 Å². The highest BCUT2D eigenvalue weighted by molar-refractivity contribution is 4.97. The van der Waals surface area contributed by atoms with Crippen molar-refractivity contribution in [1.29, 1.82) is 0 Å². The Morgan fingerprint density at radius 3 is 2.92 bits per heavy atom. The van der Waals surface area contributed by atoms with E-state index in [4.69, 9.17) is 9.47 Å². The van der Waals surface area contributed by atoms with Crippen LogP contribution in [0.5, 0.6) is 0 Å². The van der Waals surface area contributed by atoms with Gasteiger partial charge in [0.05, 0.1) is 12.2 Å². The van der Waals surface area contributed by atoms with E-state index >= 15 is 0 Å². The molecule has 3 heteroatoms. The summed E-state index contributed by atoms with van der Waals surface area (Å²) < 4.78 is 10.8. The van der Waals surface area contributed by atoms with Gasteiger partial charge in [-0.3, -0.25) is 0 Å². The standard InChI is InChI=1S/C10H19NO2/c1-4-6-11-8-7-9(13-5-2)10(8)12-3/h4,8-11H,1,5-7H2,2-3H3. The van der Waals surface area contributed by atoms with Gasteiger partial charge in [0.2, 0.25) is 0 Å². The van der Waals surface area contributed by atoms with Crippen LogP contribution in [0.4, 0.5) is 0 Å². The van der Waals surface area contributed by atoms with Crippen LogP contribution in [0.1, 0.15) is 13.3 Å². The van der Waals surface area contributed by atoms with Gasteiger partial charge < -0.3 is 14.8 Å². The summed E-state index contributed by atoms with van der Waals surface area (Å²) in [5.41, 5.74) is 0. The molecule has 3 nitrogen and oxygen atoms in total. The summed E-state index contributed by atoms with van der Waals surface area (Å²) in [5, 5.41) is 3.34. The molecule has 0 aromatic heterocycles. The third kappa shape index (κ3) is 2.53. The average Bonchev–Trinajstić information content (AvgIpc) is 2.10. The molecule has 0 radical (unpaired) electrons. The van der Waals surface area contributed by atoms with E-state index in [1.807, 2.05) is 13.0 Å². The van der Waals surface area contributed by atoms with Crippen molar-refractivity contribution in [2.45, 2.75) is 31.6 Å². The molecule has 1 N–H and O–H groups in total. The summed E-state index contributed by atoms with van der Waals surface area (Å²) in [7, 11) is 1.73. The molecule has 1 aliphatic carbocycles. The van der Waals surface area contributed by atoms with Gasteiger partial charge >= 0.3 is 0 Å². The highest BCUT2D eigenvalue weighted by Crippen LogP contribution is 2.26. The first-order valence-electron chi connectivity index (χ1n) is 4.82. The molecule has 0 heterocycles. The Morgan fingerprint density at radius 2 is 2.38 bits per heavy atom. The summed E-state index contributed by atoms with van der Waals surface area (Å²) in [6, 6.07) is 0.430. The average molecular weight is 185 g/mol. The van der Waals surface area contributed by atoms with Gasteiger partial charge in [-0.25, -0.2) is 0 Å². The number of hydrogen-bond acceptors (Lipinski definition) is 3. The lowest BCUT2D eigenvalue weighted by molar-refractivity contribution is -0.130. The van der Waals surface area contributed by atoms with Gasteiger partial charge in [0.25, 0.3) is 0 Å². The molecule has 0 aliphatic heterocycles. The number of ether oxygens (including phenoxy) is 2. The second kappa shape index (κ2) is 5.37. The van der Waals surface area contributed by atoms with E-state index in [0.29, 0.717) is 6.04 Å². The van der Waals surface area contributed by atoms with E-state index in [1.165, 1.54) is 0 Å². The molecule has 1 fully saturated rings. The molecule has 1 aliphatic rings. The Hall–Kier alpha value is -0.380. The van der Waals surface area contributed by atoms with Crippen molar-refractivity contribution < 1.29 is 9.47 Å². The van der Waals surface area contributed by atoms with Gasteiger partial charge in [-0.15, -0.1) is 6.58 Å². The monoisotopic (exact) mass is 185 g/mol. The Balaban J connectivity index is 2.24. The normalized spacial score (nSPS) is 32.6. The van der Waals surface area contributed by atoms with Crippen LogP contribution in [-0.4, -0.2) is 38.5 Å². The molecule has 0 bridgehead atoms. The second-order valence-corrected chi connectivity index (χ2v) is 3.23. The SMILES string of the molecule is C=CCNC1CC(OCC)C1OC. The zero-order valence-corrected chi connectivity index (χ0v) is 8.45. The zero-order chi connectivity index (χ0) is 9.68. The van der Waals surface area contributed by atoms with Crippen LogP contribution in [0, 0.1) is 0 Å². The molecule has 1 rings (SSSR count). The summed E-state index contributed by atoms with van der Waals surface area (Å²) in [5.74, 6) is 0. The van der Waals surface area contributed by atoms with Crippen LogP contribution in [0.15, 0.2) is 12.7 Å². The van der Waals surface area contributed by atoms with Gasteiger partial charge in [0, 0.05) is 26.3 Å². The first kappa shape index (κ1) is 10.7. The molecule has 0 amide bonds. The molecule has 1 saturated carbocycles. The minimum atomic E-state index is 0.208. The van der Waals surface area contributed by atoms with Crippen molar-refractivity contribution in [2.75, 3.05) is 20.3 Å². The fourth-order valence-electron chi connectivity index (χ4n) is 1.71. The fraction of sp³-hybridized carbons (Fsp3) is 0.800. The molecular weight excluding hydrogens is 166 g/mol. The molecular formula is C10H19NO2. The second-order valence-electron chi connectivity index (χ2n) is 3.23. The Bertz CT molecular complexity index is 161. The Morgan fingerprint density at radius 1 is 1.62 bits per heavy atom. The Kier molecular flexibility index (Phi) is 4.42. The molecule has 0 aromatic rings. The summed E-state index contributed by atoms with van der Waals surface area (Å²) in [6.07, 6.45) is 3.39. The minimum absolute atomic E-state index is 0.208. The highest BCUT2D eigenvalue weighted by atomic mass is 16.5. The van der Waals surface area contributed by atoms with E-state index in [9.17, 15) is 0 Å². The van der Waals surface area contributed by atoms with Crippen molar-refractivity contribution in [1.82, 2.24) is 5.32 Å². The largest absolute Gasteiger partial charge is 0.377 e. The van der Waals surface area contributed by atoms with Gasteiger partial charge in [0.1, 0.15) is 0 Å². The first-order valence-corrected chi connectivity index (χ1v) is 4.82. The van der Waals surface area contributed by atoms with Crippen molar-refractivity contribution >= 4 is 0 Å². The minimum Gasteiger partial charge on any atom is -0.377 e. The number of nitrogens with one attached hydrogen (secondary N) is 1. The van der Waals surface area contributed by atoms with Gasteiger partial charge in [-0.2, -0.15) is 0 Å². The van der Waals surface area contributed by atoms with E-state index in [2.05, 4.69) is 11.9 Å². The number of hydrogen-bond donors (Lipinski definition) is 1. The lowest BCUT2D eigenvalue weighted by Crippen LogP contribution is -2.59. The van der Waals surface area contributed by atoms with Crippen LogP contribution in [-0.2, 0) is 9.47 Å². The lowest BCUT2D eigenvalue weighted by Gasteiger charge is -2.43. The maximum atomic E-state index is 5.50. The number of rotatable bonds is 6. The molecule has 0 spiro atoms. The Labute approximate surface area is 80.1 Å². The smallest absolute Gasteiger partial charge is 0.0986 e. The molecule has 3 atom stereocenters. The third-order valence-corrected chi connectivity index (χ3v) is 2.43. The van der Waals surface area contributed by atoms with Crippen LogP contribution < -0.4 is 5.32 Å². The molecule has 76 valence electrons. The third-order valence-electron chi connectivity index (χ3n) is 2.43. The van der Waals surface area contributed by atoms with Crippen LogP contribution in [0.2, 0.25) is 0 Å². The highest BCUT2D eigenvalue weighted by Gasteiger charge is 2.41. The van der Waals surface area contributed by atoms with E-state index < -0.39 is 0 Å². The van der Waals surface area contributed by atoms with Crippen molar-refractivity contribution in [2.24, 2.45) is 0 Å². The van der Waals surface area contributed by atoms with Gasteiger partial charge in [0.15, 0.2) is 0 Å². The summed E-state index contributed by atoms with van der Waals surface area (Å²) in [4.78, 5) is 0. The van der Waals surface area contributed by atoms with Crippen molar-refractivity contribution in [3.63, 3.8) is 0 Å². The quantitative estimate of drug-likeness (QED) is 0.625. The molecule has 3 unspecified atom stereocenters. The van der Waals surface area contributed by atoms with Crippen LogP contribution in [0.3, 0.4) is 0 Å². The first-order chi connectivity index (χ1) is 6.33.